The van der Waals surface area contributed by atoms with Gasteiger partial charge in [-0.25, -0.2) is 0 Å². The molecule has 1 aliphatic rings. The molecule has 1 fully saturated rings. The summed E-state index contributed by atoms with van der Waals surface area (Å²) in [4.78, 5) is 14.9. The van der Waals surface area contributed by atoms with Crippen molar-refractivity contribution in [2.75, 3.05) is 13.1 Å². The van der Waals surface area contributed by atoms with Crippen LogP contribution in [0.15, 0.2) is 29.4 Å². The van der Waals surface area contributed by atoms with Crippen molar-refractivity contribution in [3.05, 3.63) is 29.8 Å². The molecule has 1 aromatic carbocycles. The Morgan fingerprint density at radius 1 is 1.11 bits per heavy atom. The Labute approximate surface area is 165 Å². The molecular formula is C20H29N5OS. The highest BCUT2D eigenvalue weighted by Gasteiger charge is 2.29. The van der Waals surface area contributed by atoms with Crippen LogP contribution in [0.3, 0.4) is 0 Å². The van der Waals surface area contributed by atoms with Crippen LogP contribution in [-0.2, 0) is 4.79 Å². The molecule has 1 saturated heterocycles. The van der Waals surface area contributed by atoms with Crippen molar-refractivity contribution in [3.63, 3.8) is 0 Å². The zero-order valence-corrected chi connectivity index (χ0v) is 17.6. The second kappa shape index (κ2) is 8.42. The van der Waals surface area contributed by atoms with Gasteiger partial charge in [0.05, 0.1) is 10.9 Å². The third kappa shape index (κ3) is 4.69. The maximum atomic E-state index is 12.9. The average Bonchev–Trinajstić information content (AvgIpc) is 3.08. The first-order valence-electron chi connectivity index (χ1n) is 9.69. The van der Waals surface area contributed by atoms with Crippen LogP contribution in [0.2, 0.25) is 0 Å². The minimum absolute atomic E-state index is 0.170. The number of nitrogens with zero attached hydrogens (tertiary/aromatic N) is 5. The number of hydrogen-bond acceptors (Lipinski definition) is 5. The average molecular weight is 388 g/mol. The SMILES string of the molecule is CC(C)c1ccc(-n2nnnc2S[C@H](C)C(=O)N2C[C@H](C)C[C@@H](C)C2)cc1. The number of tetrazole rings is 1. The van der Waals surface area contributed by atoms with Crippen molar-refractivity contribution in [2.45, 2.75) is 57.4 Å². The van der Waals surface area contributed by atoms with E-state index < -0.39 is 0 Å². The first-order chi connectivity index (χ1) is 12.8. The lowest BCUT2D eigenvalue weighted by molar-refractivity contribution is -0.132. The number of rotatable bonds is 5. The Kier molecular flexibility index (Phi) is 6.19. The summed E-state index contributed by atoms with van der Waals surface area (Å²) in [5.74, 6) is 1.76. The molecule has 146 valence electrons. The van der Waals surface area contributed by atoms with E-state index in [0.29, 0.717) is 22.9 Å². The van der Waals surface area contributed by atoms with Crippen LogP contribution in [0, 0.1) is 11.8 Å². The van der Waals surface area contributed by atoms with Gasteiger partial charge in [-0.05, 0) is 59.2 Å². The van der Waals surface area contributed by atoms with Crippen LogP contribution in [0.1, 0.15) is 52.5 Å². The highest BCUT2D eigenvalue weighted by atomic mass is 32.2. The number of carbonyl (C=O) groups is 1. The van der Waals surface area contributed by atoms with E-state index in [4.69, 9.17) is 0 Å². The first kappa shape index (κ1) is 19.9. The molecule has 1 amide bonds. The van der Waals surface area contributed by atoms with Crippen molar-refractivity contribution in [3.8, 4) is 5.69 Å². The quantitative estimate of drug-likeness (QED) is 0.731. The number of hydrogen-bond donors (Lipinski definition) is 0. The topological polar surface area (TPSA) is 63.9 Å². The van der Waals surface area contributed by atoms with Crippen LogP contribution >= 0.6 is 11.8 Å². The molecule has 0 radical (unpaired) electrons. The van der Waals surface area contributed by atoms with Gasteiger partial charge < -0.3 is 4.90 Å². The summed E-state index contributed by atoms with van der Waals surface area (Å²) in [6.45, 7) is 12.4. The minimum Gasteiger partial charge on any atom is -0.341 e. The van der Waals surface area contributed by atoms with Gasteiger partial charge in [-0.15, -0.1) is 5.10 Å². The van der Waals surface area contributed by atoms with Gasteiger partial charge in [-0.3, -0.25) is 4.79 Å². The Balaban J connectivity index is 1.71. The van der Waals surface area contributed by atoms with Crippen molar-refractivity contribution >= 4 is 17.7 Å². The van der Waals surface area contributed by atoms with Crippen LogP contribution in [0.25, 0.3) is 5.69 Å². The lowest BCUT2D eigenvalue weighted by Crippen LogP contribution is -2.45. The van der Waals surface area contributed by atoms with Crippen LogP contribution < -0.4 is 0 Å². The fraction of sp³-hybridized carbons (Fsp3) is 0.600. The zero-order valence-electron chi connectivity index (χ0n) is 16.8. The highest BCUT2D eigenvalue weighted by Crippen LogP contribution is 2.27. The Morgan fingerprint density at radius 3 is 2.33 bits per heavy atom. The van der Waals surface area contributed by atoms with E-state index >= 15 is 0 Å². The van der Waals surface area contributed by atoms with Gasteiger partial charge >= 0.3 is 0 Å². The number of likely N-dealkylation sites (tertiary alicyclic amines) is 1. The molecule has 0 bridgehead atoms. The van der Waals surface area contributed by atoms with E-state index in [1.165, 1.54) is 23.7 Å². The molecule has 2 heterocycles. The summed E-state index contributed by atoms with van der Waals surface area (Å²) in [6, 6.07) is 8.24. The Morgan fingerprint density at radius 2 is 1.74 bits per heavy atom. The number of benzene rings is 1. The zero-order chi connectivity index (χ0) is 19.6. The number of piperidine rings is 1. The number of amides is 1. The van der Waals surface area contributed by atoms with E-state index in [9.17, 15) is 4.79 Å². The largest absolute Gasteiger partial charge is 0.341 e. The minimum atomic E-state index is -0.220. The van der Waals surface area contributed by atoms with E-state index in [-0.39, 0.29) is 11.2 Å². The third-order valence-electron chi connectivity index (χ3n) is 5.06. The summed E-state index contributed by atoms with van der Waals surface area (Å²) in [5.41, 5.74) is 2.18. The number of aromatic nitrogens is 4. The van der Waals surface area contributed by atoms with Gasteiger partial charge in [0, 0.05) is 13.1 Å². The molecule has 0 unspecified atom stereocenters. The van der Waals surface area contributed by atoms with Crippen LogP contribution in [0.4, 0.5) is 0 Å². The fourth-order valence-corrected chi connectivity index (χ4v) is 4.61. The standard InChI is InChI=1S/C20H29N5OS/c1-13(2)17-6-8-18(9-7-17)25-20(21-22-23-25)27-16(5)19(26)24-11-14(3)10-15(4)12-24/h6-9,13-16H,10-12H2,1-5H3/t14-,15-,16-/m1/s1. The van der Waals surface area contributed by atoms with Gasteiger partial charge in [0.1, 0.15) is 0 Å². The molecule has 1 aliphatic heterocycles. The van der Waals surface area contributed by atoms with Gasteiger partial charge in [0.2, 0.25) is 11.1 Å². The summed E-state index contributed by atoms with van der Waals surface area (Å²) < 4.78 is 1.71. The van der Waals surface area contributed by atoms with Crippen LogP contribution in [0.5, 0.6) is 0 Å². The first-order valence-corrected chi connectivity index (χ1v) is 10.6. The van der Waals surface area contributed by atoms with Gasteiger partial charge in [-0.1, -0.05) is 51.6 Å². The van der Waals surface area contributed by atoms with Crippen molar-refractivity contribution in [1.82, 2.24) is 25.1 Å². The van der Waals surface area contributed by atoms with Crippen molar-refractivity contribution in [2.24, 2.45) is 11.8 Å². The predicted octanol–water partition coefficient (Wildman–Crippen LogP) is 3.77. The number of thioether (sulfide) groups is 1. The molecular weight excluding hydrogens is 358 g/mol. The molecule has 0 saturated carbocycles. The fourth-order valence-electron chi connectivity index (χ4n) is 3.72. The maximum absolute atomic E-state index is 12.9. The Bertz CT molecular complexity index is 763. The van der Waals surface area contributed by atoms with E-state index in [1.807, 2.05) is 24.0 Å². The maximum Gasteiger partial charge on any atom is 0.235 e. The van der Waals surface area contributed by atoms with Crippen molar-refractivity contribution in [1.29, 1.82) is 0 Å². The van der Waals surface area contributed by atoms with Crippen LogP contribution in [-0.4, -0.2) is 49.4 Å². The molecule has 2 aromatic rings. The van der Waals surface area contributed by atoms with Gasteiger partial charge in [0.15, 0.2) is 0 Å². The highest BCUT2D eigenvalue weighted by molar-refractivity contribution is 8.00. The molecule has 27 heavy (non-hydrogen) atoms. The molecule has 6 nitrogen and oxygen atoms in total. The Hall–Kier alpha value is -1.89. The molecule has 3 rings (SSSR count). The van der Waals surface area contributed by atoms with Gasteiger partial charge in [0.25, 0.3) is 0 Å². The summed E-state index contributed by atoms with van der Waals surface area (Å²) in [7, 11) is 0. The third-order valence-corrected chi connectivity index (χ3v) is 6.08. The molecule has 1 aromatic heterocycles. The number of carbonyl (C=O) groups excluding carboxylic acids is 1. The monoisotopic (exact) mass is 387 g/mol. The second-order valence-electron chi connectivity index (χ2n) is 8.07. The second-order valence-corrected chi connectivity index (χ2v) is 9.38. The smallest absolute Gasteiger partial charge is 0.235 e. The molecule has 7 heteroatoms. The summed E-state index contributed by atoms with van der Waals surface area (Å²) >= 11 is 1.42. The van der Waals surface area contributed by atoms with E-state index in [2.05, 4.69) is 55.4 Å². The predicted molar refractivity (Wildman–Crippen MR) is 108 cm³/mol. The lowest BCUT2D eigenvalue weighted by atomic mass is 9.92. The molecule has 0 spiro atoms. The van der Waals surface area contributed by atoms with E-state index in [0.717, 1.165) is 18.8 Å². The molecule has 0 aliphatic carbocycles. The molecule has 0 N–H and O–H groups in total. The normalized spacial score (nSPS) is 21.5. The van der Waals surface area contributed by atoms with Gasteiger partial charge in [-0.2, -0.15) is 4.68 Å². The van der Waals surface area contributed by atoms with E-state index in [1.54, 1.807) is 4.68 Å². The summed E-state index contributed by atoms with van der Waals surface area (Å²) in [5, 5.41) is 12.5. The lowest BCUT2D eigenvalue weighted by Gasteiger charge is -2.36. The molecule has 3 atom stereocenters. The summed E-state index contributed by atoms with van der Waals surface area (Å²) in [6.07, 6.45) is 1.19. The van der Waals surface area contributed by atoms with Crippen molar-refractivity contribution < 1.29 is 4.79 Å².